The molecule has 7 heteroatoms. The number of hydrogen-bond donors (Lipinski definition) is 3. The van der Waals surface area contributed by atoms with E-state index in [1.165, 1.54) is 19.2 Å². The van der Waals surface area contributed by atoms with Crippen molar-refractivity contribution in [3.05, 3.63) is 52.8 Å². The molecule has 22 heavy (non-hydrogen) atoms. The molecule has 0 aliphatic rings. The number of hydrogen-bond acceptors (Lipinski definition) is 3. The molecule has 0 fully saturated rings. The number of methoxy groups -OCH3 is 1. The van der Waals surface area contributed by atoms with Crippen molar-refractivity contribution >= 4 is 29.0 Å². The van der Waals surface area contributed by atoms with Gasteiger partial charge < -0.3 is 20.5 Å². The van der Waals surface area contributed by atoms with Gasteiger partial charge in [-0.15, -0.1) is 0 Å². The molecule has 2 aromatic rings. The van der Waals surface area contributed by atoms with E-state index in [1.807, 2.05) is 0 Å². The quantitative estimate of drug-likeness (QED) is 0.804. The summed E-state index contributed by atoms with van der Waals surface area (Å²) in [5.41, 5.74) is 1.01. The third kappa shape index (κ3) is 3.87. The van der Waals surface area contributed by atoms with Gasteiger partial charge in [-0.2, -0.15) is 0 Å². The van der Waals surface area contributed by atoms with Gasteiger partial charge >= 0.3 is 6.03 Å². The highest BCUT2D eigenvalue weighted by Crippen LogP contribution is 2.25. The number of urea groups is 1. The summed E-state index contributed by atoms with van der Waals surface area (Å²) in [6.45, 7) is -0.316. The first-order chi connectivity index (χ1) is 10.5. The Balaban J connectivity index is 2.14. The van der Waals surface area contributed by atoms with Crippen LogP contribution in [0.3, 0.4) is 0 Å². The van der Waals surface area contributed by atoms with Gasteiger partial charge in [0.25, 0.3) is 0 Å². The van der Waals surface area contributed by atoms with Gasteiger partial charge in [-0.05, 0) is 18.2 Å². The van der Waals surface area contributed by atoms with Crippen molar-refractivity contribution in [1.82, 2.24) is 0 Å². The minimum Gasteiger partial charge on any atom is -0.497 e. The number of nitrogens with one attached hydrogen (secondary N) is 2. The summed E-state index contributed by atoms with van der Waals surface area (Å²) < 4.78 is 18.3. The van der Waals surface area contributed by atoms with Crippen LogP contribution in [0.1, 0.15) is 5.56 Å². The van der Waals surface area contributed by atoms with Crippen LogP contribution in [0.15, 0.2) is 36.4 Å². The molecule has 0 atom stereocenters. The summed E-state index contributed by atoms with van der Waals surface area (Å²) in [5, 5.41) is 14.7. The van der Waals surface area contributed by atoms with Gasteiger partial charge in [0.05, 0.1) is 13.7 Å². The summed E-state index contributed by atoms with van der Waals surface area (Å²) in [6.07, 6.45) is 0. The van der Waals surface area contributed by atoms with E-state index in [1.54, 1.807) is 18.2 Å². The van der Waals surface area contributed by atoms with E-state index in [2.05, 4.69) is 10.6 Å². The molecule has 0 saturated heterocycles. The molecule has 3 N–H and O–H groups in total. The summed E-state index contributed by atoms with van der Waals surface area (Å²) in [4.78, 5) is 12.0. The highest BCUT2D eigenvalue weighted by Gasteiger charge is 2.10. The molecule has 2 rings (SSSR count). The number of carbonyl (C=O) groups is 1. The maximum atomic E-state index is 13.4. The summed E-state index contributed by atoms with van der Waals surface area (Å²) >= 11 is 5.94. The average Bonchev–Trinajstić information content (AvgIpc) is 2.46. The van der Waals surface area contributed by atoms with Crippen LogP contribution < -0.4 is 15.4 Å². The largest absolute Gasteiger partial charge is 0.497 e. The molecule has 5 nitrogen and oxygen atoms in total. The zero-order chi connectivity index (χ0) is 16.1. The first kappa shape index (κ1) is 16.1. The number of rotatable bonds is 4. The highest BCUT2D eigenvalue weighted by molar-refractivity contribution is 6.31. The molecular formula is C15H14ClFN2O3. The molecule has 0 heterocycles. The Morgan fingerprint density at radius 3 is 2.77 bits per heavy atom. The number of anilines is 2. The lowest BCUT2D eigenvalue weighted by Crippen LogP contribution is -2.20. The fourth-order valence-corrected chi connectivity index (χ4v) is 2.11. The third-order valence-corrected chi connectivity index (χ3v) is 3.24. The lowest BCUT2D eigenvalue weighted by atomic mass is 10.2. The van der Waals surface area contributed by atoms with Crippen LogP contribution in [0.5, 0.6) is 5.75 Å². The second kappa shape index (κ2) is 7.11. The number of carbonyl (C=O) groups excluding carboxylic acids is 1. The van der Waals surface area contributed by atoms with Crippen LogP contribution in [0, 0.1) is 5.82 Å². The van der Waals surface area contributed by atoms with Crippen molar-refractivity contribution in [3.8, 4) is 5.75 Å². The smallest absolute Gasteiger partial charge is 0.323 e. The van der Waals surface area contributed by atoms with Crippen molar-refractivity contribution in [2.45, 2.75) is 6.61 Å². The molecule has 0 unspecified atom stereocenters. The highest BCUT2D eigenvalue weighted by atomic mass is 35.5. The van der Waals surface area contributed by atoms with Crippen molar-refractivity contribution in [1.29, 1.82) is 0 Å². The average molecular weight is 325 g/mol. The topological polar surface area (TPSA) is 70.6 Å². The Hall–Kier alpha value is -2.31. The van der Waals surface area contributed by atoms with Crippen LogP contribution >= 0.6 is 11.6 Å². The molecule has 0 spiro atoms. The van der Waals surface area contributed by atoms with E-state index in [0.717, 1.165) is 6.07 Å². The van der Waals surface area contributed by atoms with Gasteiger partial charge in [0, 0.05) is 34.1 Å². The second-order valence-corrected chi connectivity index (χ2v) is 4.79. The molecular weight excluding hydrogens is 311 g/mol. The number of halogens is 2. The first-order valence-corrected chi connectivity index (χ1v) is 6.72. The van der Waals surface area contributed by atoms with Crippen LogP contribution in [-0.2, 0) is 6.61 Å². The number of benzene rings is 2. The molecule has 0 bridgehead atoms. The minimum atomic E-state index is -0.593. The maximum Gasteiger partial charge on any atom is 0.323 e. The van der Waals surface area contributed by atoms with Gasteiger partial charge in [0.1, 0.15) is 11.6 Å². The normalized spacial score (nSPS) is 10.2. The first-order valence-electron chi connectivity index (χ1n) is 6.34. The minimum absolute atomic E-state index is 0.238. The van der Waals surface area contributed by atoms with Crippen molar-refractivity contribution in [2.75, 3.05) is 17.7 Å². The Labute approximate surface area is 131 Å². The van der Waals surface area contributed by atoms with Crippen LogP contribution in [0.4, 0.5) is 20.6 Å². The molecule has 0 saturated carbocycles. The molecule has 2 amide bonds. The summed E-state index contributed by atoms with van der Waals surface area (Å²) in [7, 11) is 1.40. The van der Waals surface area contributed by atoms with Crippen molar-refractivity contribution in [3.63, 3.8) is 0 Å². The fraction of sp³-hybridized carbons (Fsp3) is 0.133. The number of amides is 2. The monoisotopic (exact) mass is 324 g/mol. The van der Waals surface area contributed by atoms with E-state index >= 15 is 0 Å². The predicted molar refractivity (Wildman–Crippen MR) is 83.0 cm³/mol. The molecule has 2 aromatic carbocycles. The van der Waals surface area contributed by atoms with E-state index in [9.17, 15) is 14.3 Å². The molecule has 116 valence electrons. The fourth-order valence-electron chi connectivity index (χ4n) is 1.87. The van der Waals surface area contributed by atoms with Crippen LogP contribution in [0.25, 0.3) is 0 Å². The SMILES string of the molecule is COc1cc(F)cc(NC(=O)Nc2cccc(Cl)c2CO)c1. The number of aliphatic hydroxyl groups is 1. The number of aliphatic hydroxyl groups excluding tert-OH is 1. The molecule has 0 aliphatic heterocycles. The van der Waals surface area contributed by atoms with Gasteiger partial charge in [-0.3, -0.25) is 0 Å². The number of ether oxygens (including phenoxy) is 1. The Kier molecular flexibility index (Phi) is 5.19. The van der Waals surface area contributed by atoms with Gasteiger partial charge in [-0.25, -0.2) is 9.18 Å². The van der Waals surface area contributed by atoms with E-state index in [-0.39, 0.29) is 18.0 Å². The van der Waals surface area contributed by atoms with E-state index in [0.29, 0.717) is 16.3 Å². The van der Waals surface area contributed by atoms with Gasteiger partial charge in [0.2, 0.25) is 0 Å². The molecule has 0 aliphatic carbocycles. The summed E-state index contributed by atoms with van der Waals surface area (Å²) in [5.74, 6) is -0.248. The Bertz CT molecular complexity index is 694. The van der Waals surface area contributed by atoms with Gasteiger partial charge in [-0.1, -0.05) is 17.7 Å². The maximum absolute atomic E-state index is 13.4. The zero-order valence-electron chi connectivity index (χ0n) is 11.7. The zero-order valence-corrected chi connectivity index (χ0v) is 12.4. The summed E-state index contributed by atoms with van der Waals surface area (Å²) in [6, 6.07) is 8.09. The predicted octanol–water partition coefficient (Wildman–Crippen LogP) is 3.62. The van der Waals surface area contributed by atoms with E-state index in [4.69, 9.17) is 16.3 Å². The van der Waals surface area contributed by atoms with Crippen molar-refractivity contribution in [2.24, 2.45) is 0 Å². The third-order valence-electron chi connectivity index (χ3n) is 2.89. The second-order valence-electron chi connectivity index (χ2n) is 4.38. The Morgan fingerprint density at radius 2 is 2.09 bits per heavy atom. The lowest BCUT2D eigenvalue weighted by Gasteiger charge is -2.12. The van der Waals surface area contributed by atoms with E-state index < -0.39 is 11.8 Å². The molecule has 0 radical (unpaired) electrons. The van der Waals surface area contributed by atoms with Crippen LogP contribution in [-0.4, -0.2) is 18.2 Å². The lowest BCUT2D eigenvalue weighted by molar-refractivity contribution is 0.262. The Morgan fingerprint density at radius 1 is 1.32 bits per heavy atom. The van der Waals surface area contributed by atoms with Crippen molar-refractivity contribution < 1.29 is 19.0 Å². The van der Waals surface area contributed by atoms with Gasteiger partial charge in [0.15, 0.2) is 0 Å². The molecule has 0 aromatic heterocycles. The standard InChI is InChI=1S/C15H14ClFN2O3/c1-22-11-6-9(17)5-10(7-11)18-15(21)19-14-4-2-3-13(16)12(14)8-20/h2-7,20H,8H2,1H3,(H2,18,19,21). The van der Waals surface area contributed by atoms with Crippen LogP contribution in [0.2, 0.25) is 5.02 Å².